The molecule has 1 fully saturated rings. The van der Waals surface area contributed by atoms with Gasteiger partial charge in [-0.15, -0.1) is 0 Å². The maximum Gasteiger partial charge on any atom is 0.0153 e. The van der Waals surface area contributed by atoms with Crippen LogP contribution in [-0.4, -0.2) is 12.1 Å². The van der Waals surface area contributed by atoms with Crippen molar-refractivity contribution >= 4 is 0 Å². The number of nitrogens with one attached hydrogen (secondary N) is 1. The van der Waals surface area contributed by atoms with Gasteiger partial charge in [-0.1, -0.05) is 37.3 Å². The number of rotatable bonds is 6. The van der Waals surface area contributed by atoms with Crippen molar-refractivity contribution in [3.05, 3.63) is 35.9 Å². The molecule has 1 N–H and O–H groups in total. The van der Waals surface area contributed by atoms with E-state index in [9.17, 15) is 0 Å². The number of hydrogen-bond acceptors (Lipinski definition) is 1. The van der Waals surface area contributed by atoms with Gasteiger partial charge in [0.1, 0.15) is 0 Å². The molecule has 1 heteroatoms. The third kappa shape index (κ3) is 3.57. The molecule has 0 radical (unpaired) electrons. The second-order valence-corrected chi connectivity index (χ2v) is 6.02. The van der Waals surface area contributed by atoms with Crippen LogP contribution >= 0.6 is 0 Å². The highest BCUT2D eigenvalue weighted by Crippen LogP contribution is 2.39. The van der Waals surface area contributed by atoms with Crippen LogP contribution in [0.1, 0.15) is 51.5 Å². The second kappa shape index (κ2) is 5.22. The SMILES string of the molecule is CC(CCNC(C)(C)C1CC1)c1ccccc1. The zero-order valence-corrected chi connectivity index (χ0v) is 11.4. The Bertz CT molecular complexity index is 338. The predicted molar refractivity (Wildman–Crippen MR) is 74.3 cm³/mol. The van der Waals surface area contributed by atoms with E-state index in [1.807, 2.05) is 0 Å². The molecular weight excluding hydrogens is 206 g/mol. The van der Waals surface area contributed by atoms with Gasteiger partial charge in [-0.25, -0.2) is 0 Å². The Hall–Kier alpha value is -0.820. The summed E-state index contributed by atoms with van der Waals surface area (Å²) in [6, 6.07) is 10.8. The molecule has 0 bridgehead atoms. The average Bonchev–Trinajstić information content (AvgIpc) is 3.14. The summed E-state index contributed by atoms with van der Waals surface area (Å²) >= 11 is 0. The highest BCUT2D eigenvalue weighted by Gasteiger charge is 2.36. The van der Waals surface area contributed by atoms with Gasteiger partial charge in [0.25, 0.3) is 0 Å². The van der Waals surface area contributed by atoms with Gasteiger partial charge in [0, 0.05) is 5.54 Å². The van der Waals surface area contributed by atoms with Gasteiger partial charge in [0.15, 0.2) is 0 Å². The molecule has 2 rings (SSSR count). The summed E-state index contributed by atoms with van der Waals surface area (Å²) in [4.78, 5) is 0. The zero-order valence-electron chi connectivity index (χ0n) is 11.4. The Labute approximate surface area is 106 Å². The molecule has 1 aliphatic rings. The molecule has 1 unspecified atom stereocenters. The van der Waals surface area contributed by atoms with E-state index in [0.29, 0.717) is 11.5 Å². The van der Waals surface area contributed by atoms with Crippen molar-refractivity contribution in [2.24, 2.45) is 5.92 Å². The lowest BCUT2D eigenvalue weighted by Crippen LogP contribution is -2.42. The molecule has 1 aromatic carbocycles. The zero-order chi connectivity index (χ0) is 12.3. The monoisotopic (exact) mass is 231 g/mol. The highest BCUT2D eigenvalue weighted by atomic mass is 15.0. The maximum atomic E-state index is 3.72. The molecule has 0 aromatic heterocycles. The highest BCUT2D eigenvalue weighted by molar-refractivity contribution is 5.18. The fraction of sp³-hybridized carbons (Fsp3) is 0.625. The third-order valence-corrected chi connectivity index (χ3v) is 4.12. The molecule has 0 saturated heterocycles. The van der Waals surface area contributed by atoms with Crippen LogP contribution in [0.5, 0.6) is 0 Å². The Morgan fingerprint density at radius 3 is 2.47 bits per heavy atom. The summed E-state index contributed by atoms with van der Waals surface area (Å²) < 4.78 is 0. The number of benzene rings is 1. The normalized spacial score (nSPS) is 18.1. The fourth-order valence-electron chi connectivity index (χ4n) is 2.51. The first kappa shape index (κ1) is 12.6. The molecule has 0 amide bonds. The van der Waals surface area contributed by atoms with E-state index in [0.717, 1.165) is 12.5 Å². The molecule has 1 atom stereocenters. The molecule has 1 aromatic rings. The Kier molecular flexibility index (Phi) is 3.88. The van der Waals surface area contributed by atoms with E-state index in [4.69, 9.17) is 0 Å². The van der Waals surface area contributed by atoms with Crippen molar-refractivity contribution < 1.29 is 0 Å². The minimum absolute atomic E-state index is 0.344. The average molecular weight is 231 g/mol. The van der Waals surface area contributed by atoms with Crippen LogP contribution in [0.25, 0.3) is 0 Å². The van der Waals surface area contributed by atoms with Gasteiger partial charge in [0.2, 0.25) is 0 Å². The molecule has 17 heavy (non-hydrogen) atoms. The Morgan fingerprint density at radius 1 is 1.24 bits per heavy atom. The summed E-state index contributed by atoms with van der Waals surface area (Å²) in [6.45, 7) is 8.14. The van der Waals surface area contributed by atoms with Crippen molar-refractivity contribution in [3.8, 4) is 0 Å². The molecule has 0 heterocycles. The standard InChI is InChI=1S/C16H25N/c1-13(14-7-5-4-6-8-14)11-12-17-16(2,3)15-9-10-15/h4-8,13,15,17H,9-12H2,1-3H3. The van der Waals surface area contributed by atoms with E-state index in [1.165, 1.54) is 24.8 Å². The Balaban J connectivity index is 1.75. The lowest BCUT2D eigenvalue weighted by molar-refractivity contribution is 0.336. The summed E-state index contributed by atoms with van der Waals surface area (Å²) in [5.74, 6) is 1.56. The van der Waals surface area contributed by atoms with Crippen LogP contribution in [0.3, 0.4) is 0 Å². The van der Waals surface area contributed by atoms with E-state index in [2.05, 4.69) is 56.4 Å². The van der Waals surface area contributed by atoms with Crippen LogP contribution in [-0.2, 0) is 0 Å². The first-order valence-corrected chi connectivity index (χ1v) is 6.89. The van der Waals surface area contributed by atoms with Crippen molar-refractivity contribution in [3.63, 3.8) is 0 Å². The van der Waals surface area contributed by atoms with Crippen molar-refractivity contribution in [2.45, 2.75) is 51.5 Å². The quantitative estimate of drug-likeness (QED) is 0.781. The lowest BCUT2D eigenvalue weighted by atomic mass is 9.95. The molecule has 1 nitrogen and oxygen atoms in total. The first-order valence-electron chi connectivity index (χ1n) is 6.89. The second-order valence-electron chi connectivity index (χ2n) is 6.02. The smallest absolute Gasteiger partial charge is 0.0153 e. The van der Waals surface area contributed by atoms with Gasteiger partial charge >= 0.3 is 0 Å². The molecular formula is C16H25N. The van der Waals surface area contributed by atoms with Crippen LogP contribution in [0.15, 0.2) is 30.3 Å². The Morgan fingerprint density at radius 2 is 1.88 bits per heavy atom. The van der Waals surface area contributed by atoms with Crippen LogP contribution in [0.2, 0.25) is 0 Å². The van der Waals surface area contributed by atoms with Crippen LogP contribution < -0.4 is 5.32 Å². The van der Waals surface area contributed by atoms with Gasteiger partial charge in [0.05, 0.1) is 0 Å². The molecule has 0 aliphatic heterocycles. The van der Waals surface area contributed by atoms with Crippen molar-refractivity contribution in [1.29, 1.82) is 0 Å². The van der Waals surface area contributed by atoms with E-state index in [1.54, 1.807) is 0 Å². The van der Waals surface area contributed by atoms with E-state index >= 15 is 0 Å². The van der Waals surface area contributed by atoms with Gasteiger partial charge in [-0.3, -0.25) is 0 Å². The summed E-state index contributed by atoms with van der Waals surface area (Å²) in [6.07, 6.45) is 4.04. The minimum atomic E-state index is 0.344. The van der Waals surface area contributed by atoms with Gasteiger partial charge in [-0.2, -0.15) is 0 Å². The van der Waals surface area contributed by atoms with Crippen molar-refractivity contribution in [2.75, 3.05) is 6.54 Å². The third-order valence-electron chi connectivity index (χ3n) is 4.12. The van der Waals surface area contributed by atoms with E-state index in [-0.39, 0.29) is 0 Å². The minimum Gasteiger partial charge on any atom is -0.311 e. The largest absolute Gasteiger partial charge is 0.311 e. The molecule has 0 spiro atoms. The fourth-order valence-corrected chi connectivity index (χ4v) is 2.51. The summed E-state index contributed by atoms with van der Waals surface area (Å²) in [5, 5.41) is 3.72. The topological polar surface area (TPSA) is 12.0 Å². The molecule has 94 valence electrons. The lowest BCUT2D eigenvalue weighted by Gasteiger charge is -2.27. The first-order chi connectivity index (χ1) is 8.09. The van der Waals surface area contributed by atoms with E-state index < -0.39 is 0 Å². The molecule has 1 aliphatic carbocycles. The molecule has 1 saturated carbocycles. The van der Waals surface area contributed by atoms with Crippen molar-refractivity contribution in [1.82, 2.24) is 5.32 Å². The van der Waals surface area contributed by atoms with Gasteiger partial charge < -0.3 is 5.32 Å². The summed E-state index contributed by atoms with van der Waals surface area (Å²) in [7, 11) is 0. The number of hydrogen-bond donors (Lipinski definition) is 1. The maximum absolute atomic E-state index is 3.72. The van der Waals surface area contributed by atoms with Gasteiger partial charge in [-0.05, 0) is 57.1 Å². The van der Waals surface area contributed by atoms with Crippen LogP contribution in [0, 0.1) is 5.92 Å². The predicted octanol–water partition coefficient (Wildman–Crippen LogP) is 3.96. The van der Waals surface area contributed by atoms with Crippen LogP contribution in [0.4, 0.5) is 0 Å². The summed E-state index contributed by atoms with van der Waals surface area (Å²) in [5.41, 5.74) is 1.80.